The molecule has 2 aromatic carbocycles. The number of fused-ring (bicyclic) bond motifs is 1. The molecule has 0 bridgehead atoms. The summed E-state index contributed by atoms with van der Waals surface area (Å²) in [6.07, 6.45) is 3.51. The molecule has 3 aromatic rings. The summed E-state index contributed by atoms with van der Waals surface area (Å²) in [5.41, 5.74) is 1.85. The van der Waals surface area contributed by atoms with Crippen molar-refractivity contribution in [3.8, 4) is 0 Å². The molecule has 0 aliphatic rings. The number of amides is 1. The number of hydrogen-bond acceptors (Lipinski definition) is 2. The van der Waals surface area contributed by atoms with Crippen molar-refractivity contribution in [2.75, 3.05) is 6.54 Å². The molecule has 3 nitrogen and oxygen atoms in total. The Balaban J connectivity index is 1.93. The number of hydrogen-bond donors (Lipinski definition) is 0. The number of pyridine rings is 1. The minimum atomic E-state index is 0.0463. The Labute approximate surface area is 130 Å². The van der Waals surface area contributed by atoms with Gasteiger partial charge in [-0.2, -0.15) is 0 Å². The zero-order valence-corrected chi connectivity index (χ0v) is 12.6. The standard InChI is InChI=1S/C19H18N2O/c1-2-21(14-15-7-4-3-5-8-15)19(22)17-10-6-9-16-11-12-20-13-18(16)17/h3-13H,2,14H2,1H3. The van der Waals surface area contributed by atoms with Crippen molar-refractivity contribution in [3.63, 3.8) is 0 Å². The first kappa shape index (κ1) is 14.3. The van der Waals surface area contributed by atoms with Crippen molar-refractivity contribution in [3.05, 3.63) is 78.1 Å². The van der Waals surface area contributed by atoms with Crippen LogP contribution in [0.2, 0.25) is 0 Å². The Bertz CT molecular complexity index is 778. The predicted octanol–water partition coefficient (Wildman–Crippen LogP) is 3.90. The average Bonchev–Trinajstić information content (AvgIpc) is 2.59. The van der Waals surface area contributed by atoms with Gasteiger partial charge in [0, 0.05) is 36.4 Å². The second kappa shape index (κ2) is 6.39. The van der Waals surface area contributed by atoms with Gasteiger partial charge in [0.15, 0.2) is 0 Å². The van der Waals surface area contributed by atoms with Crippen LogP contribution in [0.5, 0.6) is 0 Å². The van der Waals surface area contributed by atoms with E-state index in [2.05, 4.69) is 4.98 Å². The Morgan fingerprint density at radius 3 is 2.64 bits per heavy atom. The molecule has 3 rings (SSSR count). The normalized spacial score (nSPS) is 10.6. The van der Waals surface area contributed by atoms with Gasteiger partial charge in [-0.25, -0.2) is 0 Å². The summed E-state index contributed by atoms with van der Waals surface area (Å²) in [5.74, 6) is 0.0463. The summed E-state index contributed by atoms with van der Waals surface area (Å²) in [6, 6.07) is 17.8. The third-order valence-corrected chi connectivity index (χ3v) is 3.80. The van der Waals surface area contributed by atoms with Gasteiger partial charge in [0.2, 0.25) is 0 Å². The van der Waals surface area contributed by atoms with E-state index in [0.29, 0.717) is 18.7 Å². The molecule has 0 spiro atoms. The fourth-order valence-electron chi connectivity index (χ4n) is 2.60. The molecule has 0 unspecified atom stereocenters. The number of benzene rings is 2. The summed E-state index contributed by atoms with van der Waals surface area (Å²) in [7, 11) is 0. The molecule has 1 aromatic heterocycles. The molecule has 22 heavy (non-hydrogen) atoms. The summed E-state index contributed by atoms with van der Waals surface area (Å²) in [4.78, 5) is 18.9. The highest BCUT2D eigenvalue weighted by atomic mass is 16.2. The molecule has 0 saturated carbocycles. The highest BCUT2D eigenvalue weighted by Crippen LogP contribution is 2.20. The van der Waals surface area contributed by atoms with Gasteiger partial charge in [-0.05, 0) is 30.0 Å². The lowest BCUT2D eigenvalue weighted by Crippen LogP contribution is -2.30. The minimum Gasteiger partial charge on any atom is -0.335 e. The van der Waals surface area contributed by atoms with Crippen LogP contribution in [0.15, 0.2) is 67.0 Å². The highest BCUT2D eigenvalue weighted by molar-refractivity contribution is 6.06. The number of carbonyl (C=O) groups excluding carboxylic acids is 1. The number of nitrogens with zero attached hydrogens (tertiary/aromatic N) is 2. The van der Waals surface area contributed by atoms with Crippen LogP contribution in [-0.4, -0.2) is 22.3 Å². The van der Waals surface area contributed by atoms with Crippen LogP contribution >= 0.6 is 0 Å². The first-order chi connectivity index (χ1) is 10.8. The molecule has 0 saturated heterocycles. The van der Waals surface area contributed by atoms with E-state index in [0.717, 1.165) is 16.3 Å². The molecule has 0 aliphatic heterocycles. The van der Waals surface area contributed by atoms with Crippen molar-refractivity contribution in [2.45, 2.75) is 13.5 Å². The molecule has 110 valence electrons. The topological polar surface area (TPSA) is 33.2 Å². The molecular formula is C19H18N2O. The lowest BCUT2D eigenvalue weighted by molar-refractivity contribution is 0.0754. The predicted molar refractivity (Wildman–Crippen MR) is 88.6 cm³/mol. The minimum absolute atomic E-state index is 0.0463. The van der Waals surface area contributed by atoms with Gasteiger partial charge in [-0.15, -0.1) is 0 Å². The summed E-state index contributed by atoms with van der Waals surface area (Å²) < 4.78 is 0. The van der Waals surface area contributed by atoms with Crippen LogP contribution < -0.4 is 0 Å². The zero-order chi connectivity index (χ0) is 15.4. The zero-order valence-electron chi connectivity index (χ0n) is 12.6. The van der Waals surface area contributed by atoms with E-state index < -0.39 is 0 Å². The van der Waals surface area contributed by atoms with Gasteiger partial charge in [0.05, 0.1) is 0 Å². The van der Waals surface area contributed by atoms with Crippen molar-refractivity contribution >= 4 is 16.7 Å². The fourth-order valence-corrected chi connectivity index (χ4v) is 2.60. The van der Waals surface area contributed by atoms with Crippen LogP contribution in [0.1, 0.15) is 22.8 Å². The second-order valence-electron chi connectivity index (χ2n) is 5.21. The van der Waals surface area contributed by atoms with Crippen LogP contribution in [-0.2, 0) is 6.54 Å². The molecule has 0 N–H and O–H groups in total. The van der Waals surface area contributed by atoms with Gasteiger partial charge < -0.3 is 4.90 Å². The monoisotopic (exact) mass is 290 g/mol. The largest absolute Gasteiger partial charge is 0.335 e. The van der Waals surface area contributed by atoms with Gasteiger partial charge in [-0.1, -0.05) is 42.5 Å². The fraction of sp³-hybridized carbons (Fsp3) is 0.158. The van der Waals surface area contributed by atoms with Crippen LogP contribution in [0, 0.1) is 0 Å². The third kappa shape index (κ3) is 2.84. The Hall–Kier alpha value is -2.68. The van der Waals surface area contributed by atoms with Gasteiger partial charge in [0.1, 0.15) is 0 Å². The van der Waals surface area contributed by atoms with Crippen molar-refractivity contribution < 1.29 is 4.79 Å². The lowest BCUT2D eigenvalue weighted by Gasteiger charge is -2.21. The van der Waals surface area contributed by atoms with E-state index >= 15 is 0 Å². The van der Waals surface area contributed by atoms with Crippen molar-refractivity contribution in [1.29, 1.82) is 0 Å². The lowest BCUT2D eigenvalue weighted by atomic mass is 10.1. The molecule has 0 radical (unpaired) electrons. The molecular weight excluding hydrogens is 272 g/mol. The summed E-state index contributed by atoms with van der Waals surface area (Å²) in [5, 5.41) is 1.94. The smallest absolute Gasteiger partial charge is 0.254 e. The first-order valence-electron chi connectivity index (χ1n) is 7.45. The van der Waals surface area contributed by atoms with E-state index in [4.69, 9.17) is 0 Å². The average molecular weight is 290 g/mol. The van der Waals surface area contributed by atoms with Crippen LogP contribution in [0.25, 0.3) is 10.8 Å². The maximum absolute atomic E-state index is 12.9. The van der Waals surface area contributed by atoms with Gasteiger partial charge in [-0.3, -0.25) is 9.78 Å². The van der Waals surface area contributed by atoms with E-state index in [1.165, 1.54) is 0 Å². The van der Waals surface area contributed by atoms with Gasteiger partial charge >= 0.3 is 0 Å². The number of aromatic nitrogens is 1. The summed E-state index contributed by atoms with van der Waals surface area (Å²) in [6.45, 7) is 3.29. The van der Waals surface area contributed by atoms with Crippen molar-refractivity contribution in [2.24, 2.45) is 0 Å². The number of carbonyl (C=O) groups is 1. The van der Waals surface area contributed by atoms with E-state index in [-0.39, 0.29) is 5.91 Å². The highest BCUT2D eigenvalue weighted by Gasteiger charge is 2.16. The summed E-state index contributed by atoms with van der Waals surface area (Å²) >= 11 is 0. The SMILES string of the molecule is CCN(Cc1ccccc1)C(=O)c1cccc2ccncc12. The van der Waals surface area contributed by atoms with E-state index in [9.17, 15) is 4.79 Å². The molecule has 1 heterocycles. The number of rotatable bonds is 4. The Morgan fingerprint density at radius 1 is 1.05 bits per heavy atom. The molecule has 0 aliphatic carbocycles. The first-order valence-corrected chi connectivity index (χ1v) is 7.45. The second-order valence-corrected chi connectivity index (χ2v) is 5.21. The molecule has 0 atom stereocenters. The van der Waals surface area contributed by atoms with Crippen LogP contribution in [0.3, 0.4) is 0 Å². The quantitative estimate of drug-likeness (QED) is 0.730. The van der Waals surface area contributed by atoms with E-state index in [1.54, 1.807) is 12.4 Å². The van der Waals surface area contributed by atoms with Gasteiger partial charge in [0.25, 0.3) is 5.91 Å². The molecule has 3 heteroatoms. The third-order valence-electron chi connectivity index (χ3n) is 3.80. The maximum Gasteiger partial charge on any atom is 0.254 e. The Kier molecular flexibility index (Phi) is 4.15. The maximum atomic E-state index is 12.9. The molecule has 0 fully saturated rings. The molecule has 1 amide bonds. The van der Waals surface area contributed by atoms with Crippen LogP contribution in [0.4, 0.5) is 0 Å². The van der Waals surface area contributed by atoms with E-state index in [1.807, 2.05) is 66.4 Å². The Morgan fingerprint density at radius 2 is 1.86 bits per heavy atom. The van der Waals surface area contributed by atoms with Crippen molar-refractivity contribution in [1.82, 2.24) is 9.88 Å².